The van der Waals surface area contributed by atoms with E-state index in [9.17, 15) is 9.59 Å². The zero-order valence-electron chi connectivity index (χ0n) is 15.4. The SMILES string of the molecule is CC(C)[C@H](N)C(=O)N1CCC[C@H]1CN(C)C(=O)OCc1ccccc1. The number of likely N-dealkylation sites (tertiary alicyclic amines) is 1. The van der Waals surface area contributed by atoms with E-state index in [4.69, 9.17) is 10.5 Å². The lowest BCUT2D eigenvalue weighted by atomic mass is 10.0. The summed E-state index contributed by atoms with van der Waals surface area (Å²) in [6, 6.07) is 9.09. The molecule has 2 atom stereocenters. The predicted octanol–water partition coefficient (Wildman–Crippen LogP) is 2.23. The van der Waals surface area contributed by atoms with Gasteiger partial charge in [-0.25, -0.2) is 4.79 Å². The smallest absolute Gasteiger partial charge is 0.409 e. The van der Waals surface area contributed by atoms with E-state index in [0.717, 1.165) is 18.4 Å². The number of carbonyl (C=O) groups is 2. The number of ether oxygens (including phenoxy) is 1. The molecule has 138 valence electrons. The highest BCUT2D eigenvalue weighted by molar-refractivity contribution is 5.82. The molecule has 1 aliphatic heterocycles. The third-order valence-electron chi connectivity index (χ3n) is 4.67. The fraction of sp³-hybridized carbons (Fsp3) is 0.579. The second-order valence-corrected chi connectivity index (χ2v) is 7.02. The molecule has 2 amide bonds. The Kier molecular flexibility index (Phi) is 6.82. The number of benzene rings is 1. The van der Waals surface area contributed by atoms with Crippen molar-refractivity contribution in [1.82, 2.24) is 9.80 Å². The third kappa shape index (κ3) is 5.19. The van der Waals surface area contributed by atoms with Crippen LogP contribution in [0.25, 0.3) is 0 Å². The van der Waals surface area contributed by atoms with E-state index in [-0.39, 0.29) is 30.6 Å². The van der Waals surface area contributed by atoms with Gasteiger partial charge in [-0.05, 0) is 24.3 Å². The topological polar surface area (TPSA) is 75.9 Å². The van der Waals surface area contributed by atoms with Crippen molar-refractivity contribution in [1.29, 1.82) is 0 Å². The summed E-state index contributed by atoms with van der Waals surface area (Å²) in [6.45, 7) is 5.30. The summed E-state index contributed by atoms with van der Waals surface area (Å²) >= 11 is 0. The lowest BCUT2D eigenvalue weighted by Crippen LogP contribution is -2.51. The summed E-state index contributed by atoms with van der Waals surface area (Å²) < 4.78 is 5.34. The van der Waals surface area contributed by atoms with Crippen molar-refractivity contribution >= 4 is 12.0 Å². The van der Waals surface area contributed by atoms with Crippen LogP contribution in [-0.2, 0) is 16.1 Å². The molecule has 1 aromatic rings. The van der Waals surface area contributed by atoms with Gasteiger partial charge in [0.15, 0.2) is 0 Å². The van der Waals surface area contributed by atoms with Crippen LogP contribution in [0, 0.1) is 5.92 Å². The number of rotatable bonds is 6. The Balaban J connectivity index is 1.86. The molecule has 0 saturated carbocycles. The molecular formula is C19H29N3O3. The van der Waals surface area contributed by atoms with Gasteiger partial charge in [0.2, 0.25) is 5.91 Å². The first-order chi connectivity index (χ1) is 11.9. The largest absolute Gasteiger partial charge is 0.445 e. The van der Waals surface area contributed by atoms with Crippen molar-refractivity contribution in [2.45, 2.75) is 45.4 Å². The third-order valence-corrected chi connectivity index (χ3v) is 4.67. The average molecular weight is 347 g/mol. The van der Waals surface area contributed by atoms with Crippen molar-refractivity contribution in [2.75, 3.05) is 20.1 Å². The van der Waals surface area contributed by atoms with Crippen LogP contribution in [0.1, 0.15) is 32.3 Å². The molecule has 0 radical (unpaired) electrons. The van der Waals surface area contributed by atoms with Crippen LogP contribution in [0.5, 0.6) is 0 Å². The second-order valence-electron chi connectivity index (χ2n) is 7.02. The summed E-state index contributed by atoms with van der Waals surface area (Å²) in [6.07, 6.45) is 1.44. The fourth-order valence-electron chi connectivity index (χ4n) is 3.01. The summed E-state index contributed by atoms with van der Waals surface area (Å²) in [5, 5.41) is 0. The fourth-order valence-corrected chi connectivity index (χ4v) is 3.01. The van der Waals surface area contributed by atoms with Gasteiger partial charge in [0.05, 0.1) is 6.04 Å². The van der Waals surface area contributed by atoms with Gasteiger partial charge in [0.1, 0.15) is 6.61 Å². The molecule has 1 heterocycles. The molecule has 1 fully saturated rings. The number of hydrogen-bond acceptors (Lipinski definition) is 4. The second kappa shape index (κ2) is 8.85. The summed E-state index contributed by atoms with van der Waals surface area (Å²) in [5.74, 6) is 0.0749. The van der Waals surface area contributed by atoms with Gasteiger partial charge in [-0.3, -0.25) is 4.79 Å². The first-order valence-electron chi connectivity index (χ1n) is 8.88. The zero-order valence-corrected chi connectivity index (χ0v) is 15.4. The van der Waals surface area contributed by atoms with Gasteiger partial charge in [0.25, 0.3) is 0 Å². The number of hydrogen-bond donors (Lipinski definition) is 1. The zero-order chi connectivity index (χ0) is 18.4. The summed E-state index contributed by atoms with van der Waals surface area (Å²) in [4.78, 5) is 28.1. The highest BCUT2D eigenvalue weighted by atomic mass is 16.6. The normalized spacial score (nSPS) is 18.3. The highest BCUT2D eigenvalue weighted by Crippen LogP contribution is 2.20. The van der Waals surface area contributed by atoms with Crippen LogP contribution in [0.3, 0.4) is 0 Å². The van der Waals surface area contributed by atoms with Crippen molar-refractivity contribution in [2.24, 2.45) is 11.7 Å². The molecule has 1 aromatic carbocycles. The summed E-state index contributed by atoms with van der Waals surface area (Å²) in [7, 11) is 1.71. The Labute approximate surface area is 149 Å². The Morgan fingerprint density at radius 3 is 2.64 bits per heavy atom. The number of likely N-dealkylation sites (N-methyl/N-ethyl adjacent to an activating group) is 1. The number of nitrogens with zero attached hydrogens (tertiary/aromatic N) is 2. The Morgan fingerprint density at radius 1 is 1.32 bits per heavy atom. The first kappa shape index (κ1) is 19.2. The molecule has 1 aliphatic rings. The molecule has 1 saturated heterocycles. The van der Waals surface area contributed by atoms with Crippen molar-refractivity contribution in [3.8, 4) is 0 Å². The van der Waals surface area contributed by atoms with E-state index < -0.39 is 6.04 Å². The van der Waals surface area contributed by atoms with E-state index in [1.807, 2.05) is 49.1 Å². The maximum absolute atomic E-state index is 12.5. The van der Waals surface area contributed by atoms with Crippen molar-refractivity contribution < 1.29 is 14.3 Å². The molecule has 0 spiro atoms. The van der Waals surface area contributed by atoms with Crippen LogP contribution in [0.4, 0.5) is 4.79 Å². The van der Waals surface area contributed by atoms with Crippen LogP contribution >= 0.6 is 0 Å². The Morgan fingerprint density at radius 2 is 2.00 bits per heavy atom. The molecule has 2 N–H and O–H groups in total. The predicted molar refractivity (Wildman–Crippen MR) is 96.8 cm³/mol. The molecule has 0 bridgehead atoms. The van der Waals surface area contributed by atoms with E-state index >= 15 is 0 Å². The van der Waals surface area contributed by atoms with Gasteiger partial charge >= 0.3 is 6.09 Å². The molecule has 2 rings (SSSR count). The molecule has 6 nitrogen and oxygen atoms in total. The number of nitrogens with two attached hydrogens (primary N) is 1. The molecule has 6 heteroatoms. The van der Waals surface area contributed by atoms with Crippen LogP contribution in [0.2, 0.25) is 0 Å². The first-order valence-corrected chi connectivity index (χ1v) is 8.88. The molecule has 0 aliphatic carbocycles. The Hall–Kier alpha value is -2.08. The minimum Gasteiger partial charge on any atom is -0.445 e. The lowest BCUT2D eigenvalue weighted by molar-refractivity contribution is -0.134. The Bertz CT molecular complexity index is 577. The highest BCUT2D eigenvalue weighted by Gasteiger charge is 2.34. The van der Waals surface area contributed by atoms with E-state index in [1.165, 1.54) is 0 Å². The van der Waals surface area contributed by atoms with Gasteiger partial charge in [-0.1, -0.05) is 44.2 Å². The van der Waals surface area contributed by atoms with Gasteiger partial charge in [-0.2, -0.15) is 0 Å². The maximum Gasteiger partial charge on any atom is 0.409 e. The summed E-state index contributed by atoms with van der Waals surface area (Å²) in [5.41, 5.74) is 6.96. The maximum atomic E-state index is 12.5. The van der Waals surface area contributed by atoms with Crippen LogP contribution in [0.15, 0.2) is 30.3 Å². The standard InChI is InChI=1S/C19H29N3O3/c1-14(2)17(20)18(23)22-11-7-10-16(22)12-21(3)19(24)25-13-15-8-5-4-6-9-15/h4-6,8-9,14,16-17H,7,10-13,20H2,1-3H3/t16-,17-/m0/s1. The minimum atomic E-state index is -0.490. The van der Waals surface area contributed by atoms with E-state index in [2.05, 4.69) is 0 Å². The van der Waals surface area contributed by atoms with Crippen LogP contribution in [-0.4, -0.2) is 54.0 Å². The molecule has 25 heavy (non-hydrogen) atoms. The monoisotopic (exact) mass is 347 g/mol. The average Bonchev–Trinajstić information content (AvgIpc) is 3.07. The van der Waals surface area contributed by atoms with Crippen molar-refractivity contribution in [3.05, 3.63) is 35.9 Å². The minimum absolute atomic E-state index is 0.00609. The van der Waals surface area contributed by atoms with E-state index in [1.54, 1.807) is 11.9 Å². The molecular weight excluding hydrogens is 318 g/mol. The number of carbonyl (C=O) groups excluding carboxylic acids is 2. The van der Waals surface area contributed by atoms with Gasteiger partial charge in [0, 0.05) is 26.2 Å². The molecule has 0 unspecified atom stereocenters. The molecule has 0 aromatic heterocycles. The van der Waals surface area contributed by atoms with Crippen molar-refractivity contribution in [3.63, 3.8) is 0 Å². The van der Waals surface area contributed by atoms with Gasteiger partial charge < -0.3 is 20.3 Å². The van der Waals surface area contributed by atoms with Gasteiger partial charge in [-0.15, -0.1) is 0 Å². The quantitative estimate of drug-likeness (QED) is 0.856. The lowest BCUT2D eigenvalue weighted by Gasteiger charge is -2.31. The van der Waals surface area contributed by atoms with Crippen LogP contribution < -0.4 is 5.73 Å². The number of amides is 2. The van der Waals surface area contributed by atoms with E-state index in [0.29, 0.717) is 13.1 Å².